The number of carbonyl (C=O) groups is 3. The summed E-state index contributed by atoms with van der Waals surface area (Å²) in [6.07, 6.45) is 5.90. The van der Waals surface area contributed by atoms with Gasteiger partial charge in [0.2, 0.25) is 5.91 Å². The van der Waals surface area contributed by atoms with Gasteiger partial charge in [-0.15, -0.1) is 0 Å². The van der Waals surface area contributed by atoms with E-state index in [1.165, 1.54) is 0 Å². The van der Waals surface area contributed by atoms with Crippen molar-refractivity contribution in [2.75, 3.05) is 23.3 Å². The number of anilines is 2. The van der Waals surface area contributed by atoms with Crippen LogP contribution in [0, 0.1) is 6.92 Å². The van der Waals surface area contributed by atoms with Gasteiger partial charge in [0.25, 0.3) is 0 Å². The highest BCUT2D eigenvalue weighted by atomic mass is 16.2. The zero-order valence-corrected chi connectivity index (χ0v) is 15.3. The zero-order valence-electron chi connectivity index (χ0n) is 15.3. The van der Waals surface area contributed by atoms with E-state index in [2.05, 4.69) is 15.6 Å². The van der Waals surface area contributed by atoms with Crippen molar-refractivity contribution < 1.29 is 14.4 Å². The van der Waals surface area contributed by atoms with Crippen LogP contribution < -0.4 is 15.5 Å². The highest BCUT2D eigenvalue weighted by molar-refractivity contribution is 6.39. The van der Waals surface area contributed by atoms with E-state index < -0.39 is 11.8 Å². The third kappa shape index (κ3) is 4.72. The van der Waals surface area contributed by atoms with Gasteiger partial charge in [0.15, 0.2) is 0 Å². The predicted molar refractivity (Wildman–Crippen MR) is 101 cm³/mol. The van der Waals surface area contributed by atoms with E-state index in [4.69, 9.17) is 0 Å². The molecule has 142 valence electrons. The Morgan fingerprint density at radius 1 is 1.22 bits per heavy atom. The number of benzene rings is 1. The van der Waals surface area contributed by atoms with Gasteiger partial charge in [0.1, 0.15) is 5.82 Å². The molecule has 1 aromatic heterocycles. The highest BCUT2D eigenvalue weighted by Crippen LogP contribution is 2.23. The molecule has 0 radical (unpaired) electrons. The summed E-state index contributed by atoms with van der Waals surface area (Å²) in [4.78, 5) is 41.9. The Hall–Kier alpha value is -3.16. The molecule has 8 nitrogen and oxygen atoms in total. The second-order valence-corrected chi connectivity index (χ2v) is 6.43. The molecule has 2 heterocycles. The van der Waals surface area contributed by atoms with Crippen molar-refractivity contribution in [2.45, 2.75) is 32.7 Å². The van der Waals surface area contributed by atoms with Crippen LogP contribution in [0.5, 0.6) is 0 Å². The Balaban J connectivity index is 1.54. The fourth-order valence-corrected chi connectivity index (χ4v) is 3.03. The molecular weight excluding hydrogens is 346 g/mol. The quantitative estimate of drug-likeness (QED) is 0.780. The number of aryl methyl sites for hydroxylation is 1. The average Bonchev–Trinajstić information content (AvgIpc) is 3.07. The summed E-state index contributed by atoms with van der Waals surface area (Å²) in [5.41, 5.74) is 1.21. The molecule has 0 atom stereocenters. The van der Waals surface area contributed by atoms with E-state index in [0.29, 0.717) is 31.7 Å². The molecule has 27 heavy (non-hydrogen) atoms. The zero-order chi connectivity index (χ0) is 19.2. The maximum Gasteiger partial charge on any atom is 0.313 e. The number of nitrogens with one attached hydrogen (secondary N) is 2. The van der Waals surface area contributed by atoms with Crippen molar-refractivity contribution in [3.05, 3.63) is 42.5 Å². The van der Waals surface area contributed by atoms with Crippen LogP contribution in [0.2, 0.25) is 0 Å². The van der Waals surface area contributed by atoms with Crippen molar-refractivity contribution >= 4 is 29.1 Å². The number of piperidine rings is 1. The third-order valence-corrected chi connectivity index (χ3v) is 4.51. The standard InChI is InChI=1S/C19H23N5O3/c1-14-20-8-11-23(14)12-9-21-18(26)19(27)22-15-5-4-6-16(13-15)24-10-3-2-7-17(24)25/h4-6,8,11,13H,2-3,7,9-10,12H2,1H3,(H,21,26)(H,22,27). The van der Waals surface area contributed by atoms with Crippen molar-refractivity contribution in [2.24, 2.45) is 0 Å². The number of carbonyl (C=O) groups excluding carboxylic acids is 3. The minimum atomic E-state index is -0.737. The average molecular weight is 369 g/mol. The Bertz CT molecular complexity index is 845. The van der Waals surface area contributed by atoms with Gasteiger partial charge >= 0.3 is 11.8 Å². The summed E-state index contributed by atoms with van der Waals surface area (Å²) >= 11 is 0. The molecule has 2 N–H and O–H groups in total. The summed E-state index contributed by atoms with van der Waals surface area (Å²) in [5, 5.41) is 5.17. The smallest absolute Gasteiger partial charge is 0.313 e. The van der Waals surface area contributed by atoms with Gasteiger partial charge < -0.3 is 20.1 Å². The van der Waals surface area contributed by atoms with Gasteiger partial charge in [-0.05, 0) is 38.0 Å². The second kappa shape index (κ2) is 8.48. The molecule has 1 fully saturated rings. The largest absolute Gasteiger partial charge is 0.346 e. The maximum atomic E-state index is 12.1. The van der Waals surface area contributed by atoms with Crippen LogP contribution in [0.25, 0.3) is 0 Å². The first-order valence-corrected chi connectivity index (χ1v) is 9.02. The van der Waals surface area contributed by atoms with Gasteiger partial charge in [-0.1, -0.05) is 6.07 Å². The molecular formula is C19H23N5O3. The molecule has 0 saturated carbocycles. The summed E-state index contributed by atoms with van der Waals surface area (Å²) in [5.74, 6) is -0.512. The Morgan fingerprint density at radius 3 is 2.81 bits per heavy atom. The fraction of sp³-hybridized carbons (Fsp3) is 0.368. The summed E-state index contributed by atoms with van der Waals surface area (Å²) < 4.78 is 1.89. The number of amides is 3. The summed E-state index contributed by atoms with van der Waals surface area (Å²) in [7, 11) is 0. The van der Waals surface area contributed by atoms with Gasteiger partial charge in [-0.25, -0.2) is 4.98 Å². The monoisotopic (exact) mass is 369 g/mol. The lowest BCUT2D eigenvalue weighted by molar-refractivity contribution is -0.136. The number of hydrogen-bond donors (Lipinski definition) is 2. The third-order valence-electron chi connectivity index (χ3n) is 4.51. The van der Waals surface area contributed by atoms with Crippen molar-refractivity contribution in [1.29, 1.82) is 0 Å². The van der Waals surface area contributed by atoms with Crippen LogP contribution >= 0.6 is 0 Å². The molecule has 0 spiro atoms. The first kappa shape index (κ1) is 18.6. The molecule has 3 rings (SSSR count). The SMILES string of the molecule is Cc1nccn1CCNC(=O)C(=O)Nc1cccc(N2CCCCC2=O)c1. The van der Waals surface area contributed by atoms with E-state index in [0.717, 1.165) is 24.4 Å². The molecule has 1 aliphatic heterocycles. The minimum Gasteiger partial charge on any atom is -0.346 e. The van der Waals surface area contributed by atoms with Crippen molar-refractivity contribution in [3.8, 4) is 0 Å². The molecule has 8 heteroatoms. The van der Waals surface area contributed by atoms with E-state index in [1.807, 2.05) is 23.8 Å². The van der Waals surface area contributed by atoms with Gasteiger partial charge in [0.05, 0.1) is 0 Å². The van der Waals surface area contributed by atoms with E-state index in [1.54, 1.807) is 29.3 Å². The molecule has 2 aromatic rings. The number of imidazole rings is 1. The molecule has 0 bridgehead atoms. The van der Waals surface area contributed by atoms with E-state index >= 15 is 0 Å². The second-order valence-electron chi connectivity index (χ2n) is 6.43. The minimum absolute atomic E-state index is 0.0808. The van der Waals surface area contributed by atoms with Crippen LogP contribution in [0.3, 0.4) is 0 Å². The summed E-state index contributed by atoms with van der Waals surface area (Å²) in [6.45, 7) is 3.40. The van der Waals surface area contributed by atoms with Crippen molar-refractivity contribution in [3.63, 3.8) is 0 Å². The molecule has 0 aliphatic carbocycles. The van der Waals surface area contributed by atoms with Crippen molar-refractivity contribution in [1.82, 2.24) is 14.9 Å². The molecule has 1 aromatic carbocycles. The fourth-order valence-electron chi connectivity index (χ4n) is 3.03. The van der Waals surface area contributed by atoms with E-state index in [9.17, 15) is 14.4 Å². The Labute approximate surface area is 157 Å². The molecule has 1 aliphatic rings. The number of aromatic nitrogens is 2. The van der Waals surface area contributed by atoms with Crippen LogP contribution in [-0.2, 0) is 20.9 Å². The Kier molecular flexibility index (Phi) is 5.85. The lowest BCUT2D eigenvalue weighted by atomic mass is 10.1. The van der Waals surface area contributed by atoms with Crippen LogP contribution in [0.1, 0.15) is 25.1 Å². The van der Waals surface area contributed by atoms with E-state index in [-0.39, 0.29) is 5.91 Å². The number of rotatable bonds is 5. The topological polar surface area (TPSA) is 96.3 Å². The lowest BCUT2D eigenvalue weighted by Gasteiger charge is -2.27. The predicted octanol–water partition coefficient (Wildman–Crippen LogP) is 1.46. The maximum absolute atomic E-state index is 12.1. The number of nitrogens with zero attached hydrogens (tertiary/aromatic N) is 3. The normalized spacial score (nSPS) is 14.1. The first-order chi connectivity index (χ1) is 13.0. The van der Waals surface area contributed by atoms with Crippen LogP contribution in [0.15, 0.2) is 36.7 Å². The van der Waals surface area contributed by atoms with Gasteiger partial charge in [0, 0.05) is 49.8 Å². The Morgan fingerprint density at radius 2 is 2.07 bits per heavy atom. The first-order valence-electron chi connectivity index (χ1n) is 9.02. The number of hydrogen-bond acceptors (Lipinski definition) is 4. The van der Waals surface area contributed by atoms with Crippen LogP contribution in [0.4, 0.5) is 11.4 Å². The van der Waals surface area contributed by atoms with Crippen LogP contribution in [-0.4, -0.2) is 40.4 Å². The molecule has 3 amide bonds. The lowest BCUT2D eigenvalue weighted by Crippen LogP contribution is -2.37. The van der Waals surface area contributed by atoms with Gasteiger partial charge in [-0.3, -0.25) is 14.4 Å². The molecule has 1 saturated heterocycles. The van der Waals surface area contributed by atoms with Gasteiger partial charge in [-0.2, -0.15) is 0 Å². The summed E-state index contributed by atoms with van der Waals surface area (Å²) in [6, 6.07) is 6.99. The highest BCUT2D eigenvalue weighted by Gasteiger charge is 2.20. The molecule has 0 unspecified atom stereocenters.